The Morgan fingerprint density at radius 2 is 2.00 bits per heavy atom. The highest BCUT2D eigenvalue weighted by Crippen LogP contribution is 2.20. The van der Waals surface area contributed by atoms with E-state index in [0.29, 0.717) is 18.4 Å². The van der Waals surface area contributed by atoms with Crippen LogP contribution in [0, 0.1) is 6.92 Å². The van der Waals surface area contributed by atoms with Gasteiger partial charge in [0.25, 0.3) is 0 Å². The number of phenols is 1. The van der Waals surface area contributed by atoms with Crippen molar-refractivity contribution in [3.05, 3.63) is 59.2 Å². The molecule has 0 heterocycles. The Morgan fingerprint density at radius 3 is 2.65 bits per heavy atom. The molecule has 0 aromatic heterocycles. The lowest BCUT2D eigenvalue weighted by Crippen LogP contribution is -2.01. The van der Waals surface area contributed by atoms with E-state index in [4.69, 9.17) is 4.74 Å². The van der Waals surface area contributed by atoms with Crippen LogP contribution in [0.15, 0.2) is 42.5 Å². The highest BCUT2D eigenvalue weighted by molar-refractivity contribution is 5.96. The molecule has 104 valence electrons. The van der Waals surface area contributed by atoms with E-state index in [1.807, 2.05) is 25.1 Å². The van der Waals surface area contributed by atoms with E-state index < -0.39 is 0 Å². The van der Waals surface area contributed by atoms with Gasteiger partial charge < -0.3 is 9.84 Å². The molecular formula is C17H18O3. The van der Waals surface area contributed by atoms with Crippen molar-refractivity contribution in [3.8, 4) is 11.5 Å². The van der Waals surface area contributed by atoms with E-state index in [0.717, 1.165) is 16.9 Å². The number of ether oxygens (including phenoxy) is 1. The monoisotopic (exact) mass is 270 g/mol. The summed E-state index contributed by atoms with van der Waals surface area (Å²) in [5.41, 5.74) is 2.72. The van der Waals surface area contributed by atoms with Crippen molar-refractivity contribution in [3.63, 3.8) is 0 Å². The topological polar surface area (TPSA) is 46.5 Å². The fourth-order valence-corrected chi connectivity index (χ4v) is 2.18. The first-order chi connectivity index (χ1) is 9.60. The fraction of sp³-hybridized carbons (Fsp3) is 0.235. The molecule has 2 aromatic carbocycles. The molecule has 1 N–H and O–H groups in total. The van der Waals surface area contributed by atoms with Gasteiger partial charge in [0.05, 0.1) is 7.11 Å². The number of hydrogen-bond donors (Lipinski definition) is 1. The van der Waals surface area contributed by atoms with Crippen LogP contribution in [0.2, 0.25) is 0 Å². The van der Waals surface area contributed by atoms with Crippen LogP contribution in [0.3, 0.4) is 0 Å². The minimum atomic E-state index is 0.0365. The Labute approximate surface area is 118 Å². The average Bonchev–Trinajstić information content (AvgIpc) is 2.45. The molecule has 0 fully saturated rings. The van der Waals surface area contributed by atoms with Gasteiger partial charge in [-0.25, -0.2) is 0 Å². The number of ketones is 1. The number of Topliss-reactive ketones (excluding diaryl/α,β-unsaturated/α-hetero) is 1. The normalized spacial score (nSPS) is 10.3. The summed E-state index contributed by atoms with van der Waals surface area (Å²) in [5.74, 6) is 1.01. The molecule has 0 unspecified atom stereocenters. The van der Waals surface area contributed by atoms with Gasteiger partial charge in [-0.15, -0.1) is 0 Å². The Balaban J connectivity index is 2.02. The Hall–Kier alpha value is -2.29. The first kappa shape index (κ1) is 14.1. The summed E-state index contributed by atoms with van der Waals surface area (Å²) in [5, 5.41) is 9.38. The third-order valence-electron chi connectivity index (χ3n) is 3.27. The fourth-order valence-electron chi connectivity index (χ4n) is 2.18. The number of carbonyl (C=O) groups excluding carboxylic acids is 1. The number of methoxy groups -OCH3 is 1. The molecule has 0 bridgehead atoms. The molecule has 2 rings (SSSR count). The minimum absolute atomic E-state index is 0.0365. The zero-order valence-electron chi connectivity index (χ0n) is 11.7. The summed E-state index contributed by atoms with van der Waals surface area (Å²) < 4.78 is 5.21. The number of benzene rings is 2. The van der Waals surface area contributed by atoms with Gasteiger partial charge in [0.1, 0.15) is 11.5 Å². The third kappa shape index (κ3) is 3.38. The second kappa shape index (κ2) is 6.24. The third-order valence-corrected chi connectivity index (χ3v) is 3.27. The number of carbonyl (C=O) groups is 1. The highest BCUT2D eigenvalue weighted by atomic mass is 16.5. The van der Waals surface area contributed by atoms with Crippen LogP contribution < -0.4 is 4.74 Å². The second-order valence-corrected chi connectivity index (χ2v) is 4.78. The molecule has 20 heavy (non-hydrogen) atoms. The molecule has 3 heteroatoms. The van der Waals surface area contributed by atoms with Crippen molar-refractivity contribution in [2.45, 2.75) is 19.8 Å². The summed E-state index contributed by atoms with van der Waals surface area (Å²) in [4.78, 5) is 12.0. The van der Waals surface area contributed by atoms with Crippen molar-refractivity contribution in [1.29, 1.82) is 0 Å². The molecular weight excluding hydrogens is 252 g/mol. The maximum Gasteiger partial charge on any atom is 0.163 e. The van der Waals surface area contributed by atoms with Gasteiger partial charge in [0.15, 0.2) is 5.78 Å². The van der Waals surface area contributed by atoms with Crippen molar-refractivity contribution < 1.29 is 14.6 Å². The molecule has 0 radical (unpaired) electrons. The molecule has 0 aliphatic carbocycles. The smallest absolute Gasteiger partial charge is 0.163 e. The number of phenolic OH excluding ortho intramolecular Hbond substituents is 1. The molecule has 0 amide bonds. The molecule has 2 aromatic rings. The lowest BCUT2D eigenvalue weighted by molar-refractivity contribution is 0.0982. The van der Waals surface area contributed by atoms with E-state index in [-0.39, 0.29) is 11.5 Å². The Bertz CT molecular complexity index is 617. The molecule has 0 atom stereocenters. The van der Waals surface area contributed by atoms with Crippen molar-refractivity contribution in [1.82, 2.24) is 0 Å². The molecule has 0 aliphatic heterocycles. The van der Waals surface area contributed by atoms with Crippen molar-refractivity contribution in [2.75, 3.05) is 7.11 Å². The zero-order valence-corrected chi connectivity index (χ0v) is 11.7. The quantitative estimate of drug-likeness (QED) is 0.845. The van der Waals surface area contributed by atoms with Gasteiger partial charge in [-0.05, 0) is 42.7 Å². The number of aryl methyl sites for hydroxylation is 2. The van der Waals surface area contributed by atoms with E-state index >= 15 is 0 Å². The van der Waals surface area contributed by atoms with Gasteiger partial charge in [0, 0.05) is 12.0 Å². The first-order valence-electron chi connectivity index (χ1n) is 6.56. The summed E-state index contributed by atoms with van der Waals surface area (Å²) in [6.07, 6.45) is 1.11. The Kier molecular flexibility index (Phi) is 4.41. The predicted octanol–water partition coefficient (Wildman–Crippen LogP) is 3.52. The highest BCUT2D eigenvalue weighted by Gasteiger charge is 2.07. The van der Waals surface area contributed by atoms with Crippen LogP contribution in [0.25, 0.3) is 0 Å². The SMILES string of the molecule is COc1ccc(CCC(=O)c2cccc(O)c2)cc1C. The number of aromatic hydroxyl groups is 1. The minimum Gasteiger partial charge on any atom is -0.508 e. The van der Waals surface area contributed by atoms with Gasteiger partial charge in [-0.2, -0.15) is 0 Å². The van der Waals surface area contributed by atoms with E-state index in [1.165, 1.54) is 6.07 Å². The van der Waals surface area contributed by atoms with E-state index in [9.17, 15) is 9.90 Å². The van der Waals surface area contributed by atoms with Gasteiger partial charge >= 0.3 is 0 Å². The molecule has 3 nitrogen and oxygen atoms in total. The summed E-state index contributed by atoms with van der Waals surface area (Å²) >= 11 is 0. The molecule has 0 spiro atoms. The maximum absolute atomic E-state index is 12.0. The van der Waals surface area contributed by atoms with E-state index in [2.05, 4.69) is 0 Å². The summed E-state index contributed by atoms with van der Waals surface area (Å²) in [7, 11) is 1.65. The lowest BCUT2D eigenvalue weighted by Gasteiger charge is -2.07. The summed E-state index contributed by atoms with van der Waals surface area (Å²) in [6, 6.07) is 12.4. The predicted molar refractivity (Wildman–Crippen MR) is 78.5 cm³/mol. The molecule has 0 saturated carbocycles. The van der Waals surface area contributed by atoms with E-state index in [1.54, 1.807) is 25.3 Å². The second-order valence-electron chi connectivity index (χ2n) is 4.78. The largest absolute Gasteiger partial charge is 0.508 e. The van der Waals surface area contributed by atoms with Crippen LogP contribution in [-0.4, -0.2) is 18.0 Å². The van der Waals surface area contributed by atoms with Crippen molar-refractivity contribution >= 4 is 5.78 Å². The molecule has 0 aliphatic rings. The zero-order chi connectivity index (χ0) is 14.5. The van der Waals surface area contributed by atoms with Crippen LogP contribution in [0.5, 0.6) is 11.5 Å². The van der Waals surface area contributed by atoms with Crippen LogP contribution >= 0.6 is 0 Å². The summed E-state index contributed by atoms with van der Waals surface area (Å²) in [6.45, 7) is 1.99. The Morgan fingerprint density at radius 1 is 1.20 bits per heavy atom. The van der Waals surface area contributed by atoms with Gasteiger partial charge in [0.2, 0.25) is 0 Å². The maximum atomic E-state index is 12.0. The van der Waals surface area contributed by atoms with Crippen LogP contribution in [-0.2, 0) is 6.42 Å². The molecule has 0 saturated heterocycles. The van der Waals surface area contributed by atoms with Crippen LogP contribution in [0.1, 0.15) is 27.9 Å². The standard InChI is InChI=1S/C17H18O3/c1-12-10-13(7-9-17(12)20-2)6-8-16(19)14-4-3-5-15(18)11-14/h3-5,7,9-11,18H,6,8H2,1-2H3. The average molecular weight is 270 g/mol. The lowest BCUT2D eigenvalue weighted by atomic mass is 10.0. The van der Waals surface area contributed by atoms with Crippen LogP contribution in [0.4, 0.5) is 0 Å². The number of hydrogen-bond acceptors (Lipinski definition) is 3. The van der Waals surface area contributed by atoms with Gasteiger partial charge in [-0.3, -0.25) is 4.79 Å². The van der Waals surface area contributed by atoms with Gasteiger partial charge in [-0.1, -0.05) is 24.3 Å². The number of rotatable bonds is 5. The van der Waals surface area contributed by atoms with Crippen molar-refractivity contribution in [2.24, 2.45) is 0 Å². The first-order valence-corrected chi connectivity index (χ1v) is 6.56.